The summed E-state index contributed by atoms with van der Waals surface area (Å²) in [5.74, 6) is 2.11. The molecule has 0 aliphatic heterocycles. The standard InChI is InChI=1S/C17H32N2O/c1-8-9-18-11-15-10-16(20-13(15)2)12-19(7)14(3)17(4,5)6/h10,14,18H,8-9,11-12H2,1-7H3. The predicted molar refractivity (Wildman–Crippen MR) is 85.8 cm³/mol. The van der Waals surface area contributed by atoms with Gasteiger partial charge in [0.25, 0.3) is 0 Å². The maximum absolute atomic E-state index is 5.90. The van der Waals surface area contributed by atoms with Gasteiger partial charge in [0.05, 0.1) is 6.54 Å². The fourth-order valence-corrected chi connectivity index (χ4v) is 2.28. The van der Waals surface area contributed by atoms with E-state index in [-0.39, 0.29) is 5.41 Å². The first-order valence-corrected chi connectivity index (χ1v) is 7.74. The monoisotopic (exact) mass is 280 g/mol. The van der Waals surface area contributed by atoms with E-state index in [2.05, 4.69) is 64.9 Å². The minimum atomic E-state index is 0.280. The lowest BCUT2D eigenvalue weighted by molar-refractivity contribution is 0.126. The maximum atomic E-state index is 5.90. The first-order chi connectivity index (χ1) is 9.25. The fraction of sp³-hybridized carbons (Fsp3) is 0.765. The summed E-state index contributed by atoms with van der Waals surface area (Å²) in [5, 5.41) is 3.43. The Balaban J connectivity index is 2.62. The van der Waals surface area contributed by atoms with Gasteiger partial charge in [0.15, 0.2) is 0 Å². The normalized spacial score (nSPS) is 14.0. The van der Waals surface area contributed by atoms with E-state index < -0.39 is 0 Å². The van der Waals surface area contributed by atoms with Crippen molar-refractivity contribution in [3.05, 3.63) is 23.2 Å². The van der Waals surface area contributed by atoms with E-state index in [1.54, 1.807) is 0 Å². The number of furan rings is 1. The van der Waals surface area contributed by atoms with Crippen molar-refractivity contribution < 1.29 is 4.42 Å². The molecule has 0 fully saturated rings. The van der Waals surface area contributed by atoms with E-state index in [4.69, 9.17) is 4.42 Å². The lowest BCUT2D eigenvalue weighted by Gasteiger charge is -2.34. The largest absolute Gasteiger partial charge is 0.465 e. The highest BCUT2D eigenvalue weighted by atomic mass is 16.3. The molecule has 0 bridgehead atoms. The molecule has 1 heterocycles. The third-order valence-corrected chi connectivity index (χ3v) is 4.13. The van der Waals surface area contributed by atoms with Crippen LogP contribution in [0.4, 0.5) is 0 Å². The molecule has 1 rings (SSSR count). The van der Waals surface area contributed by atoms with E-state index in [0.717, 1.165) is 37.6 Å². The van der Waals surface area contributed by atoms with Crippen LogP contribution in [0.3, 0.4) is 0 Å². The zero-order valence-corrected chi connectivity index (χ0v) is 14.3. The maximum Gasteiger partial charge on any atom is 0.118 e. The van der Waals surface area contributed by atoms with Crippen molar-refractivity contribution in [2.24, 2.45) is 5.41 Å². The summed E-state index contributed by atoms with van der Waals surface area (Å²) < 4.78 is 5.90. The number of nitrogens with zero attached hydrogens (tertiary/aromatic N) is 1. The van der Waals surface area contributed by atoms with E-state index >= 15 is 0 Å². The average Bonchev–Trinajstić information content (AvgIpc) is 2.68. The molecule has 1 atom stereocenters. The number of nitrogens with one attached hydrogen (secondary N) is 1. The molecule has 3 heteroatoms. The number of hydrogen-bond acceptors (Lipinski definition) is 3. The van der Waals surface area contributed by atoms with E-state index in [1.807, 2.05) is 0 Å². The van der Waals surface area contributed by atoms with Gasteiger partial charge in [-0.05, 0) is 45.3 Å². The van der Waals surface area contributed by atoms with Crippen molar-refractivity contribution in [2.75, 3.05) is 13.6 Å². The molecule has 116 valence electrons. The van der Waals surface area contributed by atoms with E-state index in [9.17, 15) is 0 Å². The molecule has 1 unspecified atom stereocenters. The van der Waals surface area contributed by atoms with Gasteiger partial charge in [0.2, 0.25) is 0 Å². The lowest BCUT2D eigenvalue weighted by Crippen LogP contribution is -2.38. The van der Waals surface area contributed by atoms with Gasteiger partial charge >= 0.3 is 0 Å². The van der Waals surface area contributed by atoms with E-state index in [1.165, 1.54) is 5.56 Å². The molecule has 3 nitrogen and oxygen atoms in total. The topological polar surface area (TPSA) is 28.4 Å². The van der Waals surface area contributed by atoms with Gasteiger partial charge < -0.3 is 9.73 Å². The number of aryl methyl sites for hydroxylation is 1. The molecule has 0 aromatic carbocycles. The molecule has 0 saturated heterocycles. The first-order valence-electron chi connectivity index (χ1n) is 7.74. The molecular formula is C17H32N2O. The van der Waals surface area contributed by atoms with Crippen molar-refractivity contribution in [3.8, 4) is 0 Å². The number of hydrogen-bond donors (Lipinski definition) is 1. The Bertz CT molecular complexity index is 404. The zero-order valence-electron chi connectivity index (χ0n) is 14.3. The SMILES string of the molecule is CCCNCc1cc(CN(C)C(C)C(C)(C)C)oc1C. The molecule has 0 saturated carbocycles. The molecule has 1 aromatic rings. The van der Waals surface area contributed by atoms with Crippen LogP contribution in [0.25, 0.3) is 0 Å². The van der Waals surface area contributed by atoms with Crippen LogP contribution >= 0.6 is 0 Å². The van der Waals surface area contributed by atoms with Gasteiger partial charge in [-0.1, -0.05) is 27.7 Å². The Morgan fingerprint density at radius 1 is 1.35 bits per heavy atom. The molecular weight excluding hydrogens is 248 g/mol. The molecule has 20 heavy (non-hydrogen) atoms. The van der Waals surface area contributed by atoms with Gasteiger partial charge in [-0.3, -0.25) is 4.90 Å². The average molecular weight is 280 g/mol. The highest BCUT2D eigenvalue weighted by molar-refractivity contribution is 5.20. The summed E-state index contributed by atoms with van der Waals surface area (Å²) in [4.78, 5) is 2.36. The molecule has 0 amide bonds. The second-order valence-corrected chi connectivity index (χ2v) is 6.93. The second kappa shape index (κ2) is 7.28. The highest BCUT2D eigenvalue weighted by Crippen LogP contribution is 2.25. The van der Waals surface area contributed by atoms with E-state index in [0.29, 0.717) is 6.04 Å². The van der Waals surface area contributed by atoms with Gasteiger partial charge in [-0.25, -0.2) is 0 Å². The summed E-state index contributed by atoms with van der Waals surface area (Å²) in [6, 6.07) is 2.71. The highest BCUT2D eigenvalue weighted by Gasteiger charge is 2.24. The molecule has 1 aromatic heterocycles. The fourth-order valence-electron chi connectivity index (χ4n) is 2.28. The predicted octanol–water partition coefficient (Wildman–Crippen LogP) is 3.95. The summed E-state index contributed by atoms with van der Waals surface area (Å²) in [6.45, 7) is 16.2. The van der Waals surface area contributed by atoms with Crippen molar-refractivity contribution in [1.29, 1.82) is 0 Å². The summed E-state index contributed by atoms with van der Waals surface area (Å²) >= 11 is 0. The Morgan fingerprint density at radius 2 is 2.00 bits per heavy atom. The van der Waals surface area contributed by atoms with Crippen LogP contribution in [0, 0.1) is 12.3 Å². The molecule has 0 aliphatic carbocycles. The van der Waals surface area contributed by atoms with Crippen LogP contribution in [-0.4, -0.2) is 24.5 Å². The smallest absolute Gasteiger partial charge is 0.118 e. The minimum Gasteiger partial charge on any atom is -0.465 e. The Morgan fingerprint density at radius 3 is 2.55 bits per heavy atom. The molecule has 1 N–H and O–H groups in total. The minimum absolute atomic E-state index is 0.280. The molecule has 0 aliphatic rings. The summed E-state index contributed by atoms with van der Waals surface area (Å²) in [6.07, 6.45) is 1.16. The van der Waals surface area contributed by atoms with Gasteiger partial charge in [0.1, 0.15) is 11.5 Å². The van der Waals surface area contributed by atoms with Crippen LogP contribution in [0.15, 0.2) is 10.5 Å². The van der Waals surface area contributed by atoms with Crippen molar-refractivity contribution in [1.82, 2.24) is 10.2 Å². The van der Waals surface area contributed by atoms with Gasteiger partial charge in [-0.15, -0.1) is 0 Å². The second-order valence-electron chi connectivity index (χ2n) is 6.93. The molecule has 0 radical (unpaired) electrons. The zero-order chi connectivity index (χ0) is 15.3. The number of rotatable bonds is 7. The van der Waals surface area contributed by atoms with Crippen molar-refractivity contribution in [2.45, 2.75) is 67.1 Å². The Kier molecular flexibility index (Phi) is 6.28. The van der Waals surface area contributed by atoms with Crippen LogP contribution in [0.2, 0.25) is 0 Å². The quantitative estimate of drug-likeness (QED) is 0.767. The van der Waals surface area contributed by atoms with Crippen LogP contribution in [-0.2, 0) is 13.1 Å². The first kappa shape index (κ1) is 17.3. The third kappa shape index (κ3) is 4.95. The summed E-state index contributed by atoms with van der Waals surface area (Å²) in [7, 11) is 2.17. The third-order valence-electron chi connectivity index (χ3n) is 4.13. The van der Waals surface area contributed by atoms with Gasteiger partial charge in [-0.2, -0.15) is 0 Å². The molecule has 0 spiro atoms. The lowest BCUT2D eigenvalue weighted by atomic mass is 9.87. The van der Waals surface area contributed by atoms with Gasteiger partial charge in [0, 0.05) is 18.2 Å². The van der Waals surface area contributed by atoms with Crippen molar-refractivity contribution in [3.63, 3.8) is 0 Å². The Labute approximate surface area is 124 Å². The summed E-state index contributed by atoms with van der Waals surface area (Å²) in [5.41, 5.74) is 1.56. The Hall–Kier alpha value is -0.800. The van der Waals surface area contributed by atoms with Crippen LogP contribution in [0.5, 0.6) is 0 Å². The van der Waals surface area contributed by atoms with Crippen molar-refractivity contribution >= 4 is 0 Å². The van der Waals surface area contributed by atoms with Crippen LogP contribution in [0.1, 0.15) is 58.1 Å². The van der Waals surface area contributed by atoms with Crippen LogP contribution < -0.4 is 5.32 Å².